The first-order valence-electron chi connectivity index (χ1n) is 6.78. The lowest BCUT2D eigenvalue weighted by Crippen LogP contribution is -2.42. The summed E-state index contributed by atoms with van der Waals surface area (Å²) in [5, 5.41) is 10.4. The first-order chi connectivity index (χ1) is 10.1. The summed E-state index contributed by atoms with van der Waals surface area (Å²) in [5.41, 5.74) is -2.01. The van der Waals surface area contributed by atoms with Crippen molar-refractivity contribution in [1.29, 1.82) is 0 Å². The molecule has 1 aliphatic carbocycles. The van der Waals surface area contributed by atoms with Gasteiger partial charge in [0.15, 0.2) is 6.10 Å². The number of methoxy groups -OCH3 is 1. The van der Waals surface area contributed by atoms with E-state index in [1.165, 1.54) is 26.8 Å². The molecule has 0 saturated heterocycles. The van der Waals surface area contributed by atoms with E-state index in [1.807, 2.05) is 0 Å². The molecular formula is C15H20O7. The second-order valence-electron chi connectivity index (χ2n) is 5.39. The van der Waals surface area contributed by atoms with Crippen LogP contribution in [0, 0.1) is 11.8 Å². The third kappa shape index (κ3) is 2.94. The maximum absolute atomic E-state index is 12.4. The summed E-state index contributed by atoms with van der Waals surface area (Å²) in [6.07, 6.45) is -0.0239. The number of ether oxygens (including phenoxy) is 2. The van der Waals surface area contributed by atoms with Gasteiger partial charge in [0.25, 0.3) is 0 Å². The molecule has 0 spiro atoms. The lowest BCUT2D eigenvalue weighted by Gasteiger charge is -2.26. The summed E-state index contributed by atoms with van der Waals surface area (Å²) >= 11 is 0. The van der Waals surface area contributed by atoms with Crippen LogP contribution in [0.5, 0.6) is 0 Å². The van der Waals surface area contributed by atoms with Crippen LogP contribution in [-0.4, -0.2) is 47.4 Å². The fraction of sp³-hybridized carbons (Fsp3) is 0.600. The second-order valence-corrected chi connectivity index (χ2v) is 5.39. The molecule has 0 aromatic heterocycles. The molecule has 0 unspecified atom stereocenters. The fourth-order valence-electron chi connectivity index (χ4n) is 2.99. The highest BCUT2D eigenvalue weighted by molar-refractivity contribution is 6.04. The van der Waals surface area contributed by atoms with Gasteiger partial charge in [-0.25, -0.2) is 4.79 Å². The van der Waals surface area contributed by atoms with Crippen molar-refractivity contribution in [2.75, 3.05) is 7.11 Å². The van der Waals surface area contributed by atoms with Crippen LogP contribution in [0.3, 0.4) is 0 Å². The number of Topliss-reactive ketones (excluding diaryl/α,β-unsaturated/α-hetero) is 2. The smallest absolute Gasteiger partial charge is 0.333 e. The molecule has 1 aliphatic rings. The van der Waals surface area contributed by atoms with E-state index in [4.69, 9.17) is 4.74 Å². The quantitative estimate of drug-likeness (QED) is 0.583. The van der Waals surface area contributed by atoms with Crippen molar-refractivity contribution < 1.29 is 33.8 Å². The highest BCUT2D eigenvalue weighted by atomic mass is 16.6. The van der Waals surface area contributed by atoms with Crippen molar-refractivity contribution in [2.24, 2.45) is 11.8 Å². The maximum atomic E-state index is 12.4. The Bertz CT molecular complexity index is 544. The largest absolute Gasteiger partial charge is 0.466 e. The number of hydrogen-bond donors (Lipinski definition) is 1. The summed E-state index contributed by atoms with van der Waals surface area (Å²) in [6, 6.07) is 0. The van der Waals surface area contributed by atoms with E-state index in [9.17, 15) is 24.3 Å². The molecule has 0 aliphatic heterocycles. The van der Waals surface area contributed by atoms with Crippen LogP contribution in [0.15, 0.2) is 11.6 Å². The van der Waals surface area contributed by atoms with Gasteiger partial charge in [0.05, 0.1) is 13.0 Å². The van der Waals surface area contributed by atoms with E-state index in [0.717, 1.165) is 14.0 Å². The summed E-state index contributed by atoms with van der Waals surface area (Å²) in [4.78, 5) is 47.5. The number of esters is 2. The van der Waals surface area contributed by atoms with Gasteiger partial charge in [-0.1, -0.05) is 6.08 Å². The van der Waals surface area contributed by atoms with E-state index in [2.05, 4.69) is 4.74 Å². The molecule has 0 bridgehead atoms. The minimum atomic E-state index is -2.03. The lowest BCUT2D eigenvalue weighted by atomic mass is 9.79. The van der Waals surface area contributed by atoms with Gasteiger partial charge in [-0.15, -0.1) is 0 Å². The second kappa shape index (κ2) is 6.39. The topological polar surface area (TPSA) is 107 Å². The van der Waals surface area contributed by atoms with Crippen LogP contribution in [0.25, 0.3) is 0 Å². The molecule has 1 N–H and O–H groups in total. The van der Waals surface area contributed by atoms with Gasteiger partial charge in [0.2, 0.25) is 5.78 Å². The van der Waals surface area contributed by atoms with Crippen molar-refractivity contribution >= 4 is 23.5 Å². The van der Waals surface area contributed by atoms with Gasteiger partial charge in [0, 0.05) is 18.4 Å². The molecule has 4 atom stereocenters. The van der Waals surface area contributed by atoms with E-state index in [1.54, 1.807) is 0 Å². The van der Waals surface area contributed by atoms with Crippen LogP contribution in [-0.2, 0) is 28.7 Å². The molecule has 22 heavy (non-hydrogen) atoms. The number of carbonyl (C=O) groups is 4. The Balaban J connectivity index is 3.48. The molecule has 122 valence electrons. The van der Waals surface area contributed by atoms with E-state index < -0.39 is 47.0 Å². The van der Waals surface area contributed by atoms with Gasteiger partial charge in [-0.05, 0) is 20.8 Å². The van der Waals surface area contributed by atoms with E-state index in [-0.39, 0.29) is 5.57 Å². The number of aliphatic hydroxyl groups is 1. The maximum Gasteiger partial charge on any atom is 0.333 e. The standard InChI is InChI=1S/C15H20O7/c1-6-9(14(19)21-5)10-11(7(2)16)15(4,20)13(18)12(10)22-8(3)17/h6,10-12,20H,1-5H3/b9-6+/t10-,11+,12+,15-/m1/s1. The van der Waals surface area contributed by atoms with Crippen LogP contribution in [0.4, 0.5) is 0 Å². The van der Waals surface area contributed by atoms with Crippen molar-refractivity contribution in [3.63, 3.8) is 0 Å². The van der Waals surface area contributed by atoms with Gasteiger partial charge in [0.1, 0.15) is 11.4 Å². The van der Waals surface area contributed by atoms with Crippen LogP contribution < -0.4 is 0 Å². The SMILES string of the molecule is C/C=C(/C(=O)OC)[C@H]1[C@H](OC(C)=O)C(=O)[C@](C)(O)[C@H]1C(C)=O. The van der Waals surface area contributed by atoms with Gasteiger partial charge in [-0.3, -0.25) is 14.4 Å². The minimum absolute atomic E-state index is 0.0140. The van der Waals surface area contributed by atoms with Crippen molar-refractivity contribution in [3.05, 3.63) is 11.6 Å². The zero-order valence-electron chi connectivity index (χ0n) is 13.2. The Labute approximate surface area is 128 Å². The average molecular weight is 312 g/mol. The highest BCUT2D eigenvalue weighted by Gasteiger charge is 2.62. The van der Waals surface area contributed by atoms with Crippen LogP contribution in [0.2, 0.25) is 0 Å². The molecule has 1 fully saturated rings. The van der Waals surface area contributed by atoms with E-state index in [0.29, 0.717) is 0 Å². The molecule has 1 saturated carbocycles. The Morgan fingerprint density at radius 1 is 1.27 bits per heavy atom. The Morgan fingerprint density at radius 2 is 1.82 bits per heavy atom. The highest BCUT2D eigenvalue weighted by Crippen LogP contribution is 2.44. The summed E-state index contributed by atoms with van der Waals surface area (Å²) in [6.45, 7) is 5.03. The molecule has 7 nitrogen and oxygen atoms in total. The third-order valence-electron chi connectivity index (χ3n) is 3.87. The predicted octanol–water partition coefficient (Wildman–Crippen LogP) is 0.193. The summed E-state index contributed by atoms with van der Waals surface area (Å²) in [5.74, 6) is -5.07. The van der Waals surface area contributed by atoms with Gasteiger partial charge < -0.3 is 14.6 Å². The third-order valence-corrected chi connectivity index (χ3v) is 3.87. The monoisotopic (exact) mass is 312 g/mol. The zero-order valence-corrected chi connectivity index (χ0v) is 13.2. The average Bonchev–Trinajstić information content (AvgIpc) is 2.59. The van der Waals surface area contributed by atoms with Crippen molar-refractivity contribution in [2.45, 2.75) is 39.4 Å². The van der Waals surface area contributed by atoms with Crippen LogP contribution >= 0.6 is 0 Å². The number of rotatable bonds is 4. The molecular weight excluding hydrogens is 292 g/mol. The minimum Gasteiger partial charge on any atom is -0.466 e. The first-order valence-corrected chi connectivity index (χ1v) is 6.78. The Hall–Kier alpha value is -2.02. The molecule has 1 rings (SSSR count). The fourth-order valence-corrected chi connectivity index (χ4v) is 2.99. The molecule has 0 radical (unpaired) electrons. The lowest BCUT2D eigenvalue weighted by molar-refractivity contribution is -0.156. The summed E-state index contributed by atoms with van der Waals surface area (Å²) in [7, 11) is 1.16. The Kier molecular flexibility index (Phi) is 5.24. The zero-order chi connectivity index (χ0) is 17.2. The van der Waals surface area contributed by atoms with Crippen molar-refractivity contribution in [1.82, 2.24) is 0 Å². The molecule has 7 heteroatoms. The van der Waals surface area contributed by atoms with Gasteiger partial charge >= 0.3 is 11.9 Å². The molecule has 0 aromatic rings. The van der Waals surface area contributed by atoms with Crippen molar-refractivity contribution in [3.8, 4) is 0 Å². The Morgan fingerprint density at radius 3 is 2.18 bits per heavy atom. The first kappa shape index (κ1) is 18.0. The van der Waals surface area contributed by atoms with Crippen LogP contribution in [0.1, 0.15) is 27.7 Å². The predicted molar refractivity (Wildman–Crippen MR) is 74.6 cm³/mol. The number of hydrogen-bond acceptors (Lipinski definition) is 7. The molecule has 0 amide bonds. The summed E-state index contributed by atoms with van der Waals surface area (Å²) < 4.78 is 9.63. The molecule has 0 heterocycles. The number of carbonyl (C=O) groups excluding carboxylic acids is 4. The molecule has 0 aromatic carbocycles. The normalized spacial score (nSPS) is 31.8. The van der Waals surface area contributed by atoms with Gasteiger partial charge in [-0.2, -0.15) is 0 Å². The number of ketones is 2. The number of allylic oxidation sites excluding steroid dienone is 1. The van der Waals surface area contributed by atoms with E-state index >= 15 is 0 Å².